The predicted molar refractivity (Wildman–Crippen MR) is 144 cm³/mol. The number of hydrogen-bond donors (Lipinski definition) is 2. The maximum Gasteiger partial charge on any atom is 0.293 e. The van der Waals surface area contributed by atoms with Gasteiger partial charge in [0, 0.05) is 42.5 Å². The number of likely N-dealkylation sites (tertiary alicyclic amines) is 1. The van der Waals surface area contributed by atoms with Gasteiger partial charge in [-0.25, -0.2) is 4.98 Å². The van der Waals surface area contributed by atoms with E-state index in [1.165, 1.54) is 7.11 Å². The van der Waals surface area contributed by atoms with E-state index in [2.05, 4.69) is 20.2 Å². The Kier molecular flexibility index (Phi) is 7.48. The van der Waals surface area contributed by atoms with E-state index >= 15 is 0 Å². The van der Waals surface area contributed by atoms with Gasteiger partial charge in [0.05, 0.1) is 21.7 Å². The maximum absolute atomic E-state index is 13.2. The zero-order valence-corrected chi connectivity index (χ0v) is 21.5. The summed E-state index contributed by atoms with van der Waals surface area (Å²) in [6, 6.07) is 14.1. The fraction of sp³-hybridized carbons (Fsp3) is 0.269. The van der Waals surface area contributed by atoms with Crippen LogP contribution >= 0.6 is 23.2 Å². The highest BCUT2D eigenvalue weighted by Crippen LogP contribution is 2.33. The summed E-state index contributed by atoms with van der Waals surface area (Å²) in [4.78, 5) is 29.7. The molecule has 192 valence electrons. The molecule has 0 saturated carbocycles. The Labute approximate surface area is 223 Å². The summed E-state index contributed by atoms with van der Waals surface area (Å²) in [5.41, 5.74) is 1.31. The van der Waals surface area contributed by atoms with E-state index in [9.17, 15) is 9.90 Å². The van der Waals surface area contributed by atoms with Crippen LogP contribution in [0.2, 0.25) is 10.0 Å². The van der Waals surface area contributed by atoms with Gasteiger partial charge in [0.1, 0.15) is 19.5 Å². The number of nitrogens with one attached hydrogen (secondary N) is 1. The van der Waals surface area contributed by atoms with Gasteiger partial charge in [-0.2, -0.15) is 4.98 Å². The molecule has 2 aromatic carbocycles. The molecule has 0 spiro atoms. The van der Waals surface area contributed by atoms with Crippen LogP contribution in [0.25, 0.3) is 22.2 Å². The lowest BCUT2D eigenvalue weighted by Crippen LogP contribution is -2.27. The predicted octanol–water partition coefficient (Wildman–Crippen LogP) is 4.01. The Morgan fingerprint density at radius 1 is 1.16 bits per heavy atom. The number of hydrogen-bond acceptors (Lipinski definition) is 8. The van der Waals surface area contributed by atoms with Crippen molar-refractivity contribution in [1.82, 2.24) is 19.6 Å². The molecule has 1 aliphatic heterocycles. The van der Waals surface area contributed by atoms with E-state index in [1.54, 1.807) is 30.5 Å². The van der Waals surface area contributed by atoms with Crippen LogP contribution in [0.5, 0.6) is 5.75 Å². The van der Waals surface area contributed by atoms with Crippen LogP contribution in [0.4, 0.5) is 11.6 Å². The molecule has 0 bridgehead atoms. The van der Waals surface area contributed by atoms with Crippen molar-refractivity contribution in [3.8, 4) is 16.9 Å². The molecule has 37 heavy (non-hydrogen) atoms. The second-order valence-corrected chi connectivity index (χ2v) is 9.46. The number of halogens is 2. The van der Waals surface area contributed by atoms with Crippen LogP contribution < -0.4 is 20.5 Å². The Morgan fingerprint density at radius 2 is 1.92 bits per heavy atom. The number of β-amino-alcohol motifs (C(OH)–C–C–N with tert-alkyl or cyclic N) is 1. The quantitative estimate of drug-likeness (QED) is 0.345. The van der Waals surface area contributed by atoms with Gasteiger partial charge in [0.15, 0.2) is 5.65 Å². The number of fused-ring (bicyclic) bond motifs is 1. The molecule has 0 radical (unpaired) electrons. The second kappa shape index (κ2) is 10.9. The number of aliphatic hydroxyl groups excluding tert-OH is 1. The zero-order chi connectivity index (χ0) is 25.9. The molecule has 3 heterocycles. The zero-order valence-electron chi connectivity index (χ0n) is 20.0. The SMILES string of the molecule is COn1c(=O)c(-c2c(Cl)cccc2Cl)cc2cnc(Nc3ccc(OCCN4CC[C@H](O)C4)cc3)nc21. The highest BCUT2D eigenvalue weighted by atomic mass is 35.5. The van der Waals surface area contributed by atoms with E-state index in [0.29, 0.717) is 45.7 Å². The van der Waals surface area contributed by atoms with E-state index in [1.807, 2.05) is 24.3 Å². The van der Waals surface area contributed by atoms with E-state index in [-0.39, 0.29) is 11.7 Å². The number of rotatable bonds is 8. The molecule has 1 fully saturated rings. The number of nitrogens with zero attached hydrogens (tertiary/aromatic N) is 4. The molecule has 0 unspecified atom stereocenters. The molecule has 1 atom stereocenters. The van der Waals surface area contributed by atoms with Crippen LogP contribution in [0, 0.1) is 0 Å². The first-order chi connectivity index (χ1) is 17.9. The topological polar surface area (TPSA) is 102 Å². The minimum atomic E-state index is -0.445. The fourth-order valence-electron chi connectivity index (χ4n) is 4.30. The molecule has 4 aromatic rings. The number of aliphatic hydroxyl groups is 1. The number of pyridine rings is 1. The van der Waals surface area contributed by atoms with Gasteiger partial charge in [-0.05, 0) is 48.9 Å². The van der Waals surface area contributed by atoms with Crippen molar-refractivity contribution in [2.75, 3.05) is 38.7 Å². The summed E-state index contributed by atoms with van der Waals surface area (Å²) < 4.78 is 6.91. The van der Waals surface area contributed by atoms with Gasteiger partial charge >= 0.3 is 0 Å². The lowest BCUT2D eigenvalue weighted by molar-refractivity contribution is 0.167. The van der Waals surface area contributed by atoms with Crippen molar-refractivity contribution >= 4 is 45.9 Å². The van der Waals surface area contributed by atoms with Crippen LogP contribution in [0.15, 0.2) is 59.5 Å². The Bertz CT molecular complexity index is 1460. The van der Waals surface area contributed by atoms with Gasteiger partial charge in [-0.15, -0.1) is 4.73 Å². The van der Waals surface area contributed by atoms with Crippen molar-refractivity contribution in [3.05, 3.63) is 75.1 Å². The molecule has 2 N–H and O–H groups in total. The van der Waals surface area contributed by atoms with Crippen molar-refractivity contribution in [1.29, 1.82) is 0 Å². The Morgan fingerprint density at radius 3 is 2.59 bits per heavy atom. The third kappa shape index (κ3) is 5.50. The fourth-order valence-corrected chi connectivity index (χ4v) is 4.91. The first-order valence-electron chi connectivity index (χ1n) is 11.7. The largest absolute Gasteiger partial charge is 0.492 e. The normalized spacial score (nSPS) is 15.7. The van der Waals surface area contributed by atoms with Gasteiger partial charge in [0.2, 0.25) is 5.95 Å². The summed E-state index contributed by atoms with van der Waals surface area (Å²) in [6.45, 7) is 2.91. The third-order valence-electron chi connectivity index (χ3n) is 6.15. The lowest BCUT2D eigenvalue weighted by Gasteiger charge is -2.15. The van der Waals surface area contributed by atoms with Crippen molar-refractivity contribution in [2.24, 2.45) is 0 Å². The first-order valence-corrected chi connectivity index (χ1v) is 12.5. The summed E-state index contributed by atoms with van der Waals surface area (Å²) in [5.74, 6) is 1.03. The minimum absolute atomic E-state index is 0.232. The number of anilines is 2. The van der Waals surface area contributed by atoms with Gasteiger partial charge < -0.3 is 20.0 Å². The van der Waals surface area contributed by atoms with Crippen molar-refractivity contribution in [2.45, 2.75) is 12.5 Å². The Balaban J connectivity index is 1.33. The molecular weight excluding hydrogens is 517 g/mol. The smallest absolute Gasteiger partial charge is 0.293 e. The summed E-state index contributed by atoms with van der Waals surface area (Å²) >= 11 is 12.7. The van der Waals surface area contributed by atoms with E-state index < -0.39 is 5.56 Å². The van der Waals surface area contributed by atoms with Crippen molar-refractivity contribution < 1.29 is 14.7 Å². The summed E-state index contributed by atoms with van der Waals surface area (Å²) in [6.07, 6.45) is 2.18. The van der Waals surface area contributed by atoms with Gasteiger partial charge in [-0.3, -0.25) is 9.69 Å². The minimum Gasteiger partial charge on any atom is -0.492 e. The van der Waals surface area contributed by atoms with Crippen LogP contribution in [0.3, 0.4) is 0 Å². The molecule has 0 amide bonds. The Hall–Kier alpha value is -3.37. The molecular formula is C26H25Cl2N5O4. The summed E-state index contributed by atoms with van der Waals surface area (Å²) in [7, 11) is 1.39. The second-order valence-electron chi connectivity index (χ2n) is 8.65. The van der Waals surface area contributed by atoms with Gasteiger partial charge in [0.25, 0.3) is 5.56 Å². The lowest BCUT2D eigenvalue weighted by atomic mass is 10.1. The first kappa shape index (κ1) is 25.3. The molecule has 1 saturated heterocycles. The average molecular weight is 542 g/mol. The van der Waals surface area contributed by atoms with Gasteiger partial charge in [-0.1, -0.05) is 29.3 Å². The summed E-state index contributed by atoms with van der Waals surface area (Å²) in [5, 5.41) is 14.0. The maximum atomic E-state index is 13.2. The van der Waals surface area contributed by atoms with E-state index in [4.69, 9.17) is 32.8 Å². The highest BCUT2D eigenvalue weighted by molar-refractivity contribution is 6.39. The highest BCUT2D eigenvalue weighted by Gasteiger charge is 2.20. The third-order valence-corrected chi connectivity index (χ3v) is 6.78. The average Bonchev–Trinajstić information content (AvgIpc) is 3.30. The molecule has 1 aliphatic rings. The van der Waals surface area contributed by atoms with Crippen LogP contribution in [-0.4, -0.2) is 64.2 Å². The standard InChI is InChI=1S/C26H25Cl2N5O4/c1-36-33-24-16(13-20(25(33)35)23-21(27)3-2-4-22(23)28)14-29-26(31-24)30-17-5-7-19(8-6-17)37-12-11-32-10-9-18(34)15-32/h2-8,13-14,18,34H,9-12,15H2,1H3,(H,29,30,31)/t18-/m0/s1. The van der Waals surface area contributed by atoms with Crippen LogP contribution in [0.1, 0.15) is 6.42 Å². The molecule has 5 rings (SSSR count). The molecule has 11 heteroatoms. The number of benzene rings is 2. The monoisotopic (exact) mass is 541 g/mol. The number of ether oxygens (including phenoxy) is 1. The van der Waals surface area contributed by atoms with Crippen LogP contribution in [-0.2, 0) is 0 Å². The van der Waals surface area contributed by atoms with E-state index in [0.717, 1.165) is 35.7 Å². The van der Waals surface area contributed by atoms with Crippen molar-refractivity contribution in [3.63, 3.8) is 0 Å². The molecule has 2 aromatic heterocycles. The molecule has 0 aliphatic carbocycles. The number of aromatic nitrogens is 3. The molecule has 9 nitrogen and oxygen atoms in total.